The van der Waals surface area contributed by atoms with Gasteiger partial charge >= 0.3 is 11.9 Å². The van der Waals surface area contributed by atoms with Gasteiger partial charge in [0, 0.05) is 0 Å². The van der Waals surface area contributed by atoms with E-state index in [9.17, 15) is 9.59 Å². The molecule has 0 amide bonds. The van der Waals surface area contributed by atoms with Crippen molar-refractivity contribution in [2.75, 3.05) is 13.2 Å². The van der Waals surface area contributed by atoms with Gasteiger partial charge in [0.2, 0.25) is 0 Å². The Morgan fingerprint density at radius 1 is 0.870 bits per heavy atom. The molecular formula is C19H20O4. The van der Waals surface area contributed by atoms with E-state index in [1.54, 1.807) is 26.0 Å². The molecule has 0 aliphatic heterocycles. The van der Waals surface area contributed by atoms with E-state index in [1.165, 1.54) is 0 Å². The normalized spacial score (nSPS) is 10.2. The minimum Gasteiger partial charge on any atom is -0.466 e. The van der Waals surface area contributed by atoms with Crippen molar-refractivity contribution in [3.8, 4) is 11.1 Å². The Balaban J connectivity index is 2.38. The molecule has 4 heteroatoms. The van der Waals surface area contributed by atoms with Crippen LogP contribution >= 0.6 is 0 Å². The van der Waals surface area contributed by atoms with Crippen LogP contribution in [0.3, 0.4) is 0 Å². The lowest BCUT2D eigenvalue weighted by Crippen LogP contribution is -2.13. The third-order valence-corrected chi connectivity index (χ3v) is 3.35. The molecular weight excluding hydrogens is 292 g/mol. The fourth-order valence-corrected chi connectivity index (χ4v) is 2.31. The molecule has 0 bridgehead atoms. The molecule has 0 fully saturated rings. The minimum atomic E-state index is -0.426. The van der Waals surface area contributed by atoms with Gasteiger partial charge in [-0.2, -0.15) is 0 Å². The maximum absolute atomic E-state index is 12.2. The zero-order chi connectivity index (χ0) is 16.7. The Bertz CT molecular complexity index is 677. The number of benzene rings is 2. The van der Waals surface area contributed by atoms with Gasteiger partial charge in [-0.1, -0.05) is 42.5 Å². The van der Waals surface area contributed by atoms with Crippen molar-refractivity contribution in [1.29, 1.82) is 0 Å². The van der Waals surface area contributed by atoms with Crippen LogP contribution in [0.15, 0.2) is 48.5 Å². The van der Waals surface area contributed by atoms with Gasteiger partial charge in [0.25, 0.3) is 0 Å². The summed E-state index contributed by atoms with van der Waals surface area (Å²) < 4.78 is 10.1. The minimum absolute atomic E-state index is 0.0526. The molecule has 2 rings (SSSR count). The molecule has 2 aromatic carbocycles. The SMILES string of the molecule is CCOC(=O)Cc1ccc(-c2ccccc2)cc1C(=O)OCC. The largest absolute Gasteiger partial charge is 0.466 e. The van der Waals surface area contributed by atoms with Gasteiger partial charge < -0.3 is 9.47 Å². The molecule has 120 valence electrons. The zero-order valence-electron chi connectivity index (χ0n) is 13.4. The van der Waals surface area contributed by atoms with Crippen LogP contribution in [0.1, 0.15) is 29.8 Å². The fourth-order valence-electron chi connectivity index (χ4n) is 2.31. The van der Waals surface area contributed by atoms with Crippen molar-refractivity contribution in [3.05, 3.63) is 59.7 Å². The van der Waals surface area contributed by atoms with E-state index in [2.05, 4.69) is 0 Å². The lowest BCUT2D eigenvalue weighted by molar-refractivity contribution is -0.142. The molecule has 0 aliphatic carbocycles. The molecule has 0 heterocycles. The maximum Gasteiger partial charge on any atom is 0.338 e. The summed E-state index contributed by atoms with van der Waals surface area (Å²) in [6, 6.07) is 15.2. The summed E-state index contributed by atoms with van der Waals surface area (Å²) in [5.41, 5.74) is 2.92. The molecule has 0 saturated carbocycles. The summed E-state index contributed by atoms with van der Waals surface area (Å²) in [6.45, 7) is 4.11. The summed E-state index contributed by atoms with van der Waals surface area (Å²) in [7, 11) is 0. The van der Waals surface area contributed by atoms with Gasteiger partial charge in [0.1, 0.15) is 0 Å². The lowest BCUT2D eigenvalue weighted by atomic mass is 9.97. The monoisotopic (exact) mass is 312 g/mol. The number of hydrogen-bond acceptors (Lipinski definition) is 4. The molecule has 0 atom stereocenters. The number of carbonyl (C=O) groups is 2. The van der Waals surface area contributed by atoms with Crippen LogP contribution < -0.4 is 0 Å². The summed E-state index contributed by atoms with van der Waals surface area (Å²) in [5.74, 6) is -0.782. The first-order valence-electron chi connectivity index (χ1n) is 7.66. The van der Waals surface area contributed by atoms with Crippen LogP contribution in [-0.4, -0.2) is 25.2 Å². The van der Waals surface area contributed by atoms with Crippen molar-refractivity contribution in [1.82, 2.24) is 0 Å². The number of carbonyl (C=O) groups excluding carboxylic acids is 2. The standard InChI is InChI=1S/C19H20O4/c1-3-22-18(20)13-16-11-10-15(14-8-6-5-7-9-14)12-17(16)19(21)23-4-2/h5-12H,3-4,13H2,1-2H3. The van der Waals surface area contributed by atoms with Gasteiger partial charge in [-0.15, -0.1) is 0 Å². The first-order chi connectivity index (χ1) is 11.2. The third kappa shape index (κ3) is 4.42. The molecule has 4 nitrogen and oxygen atoms in total. The van der Waals surface area contributed by atoms with Crippen LogP contribution in [0.5, 0.6) is 0 Å². The Kier molecular flexibility index (Phi) is 5.92. The van der Waals surface area contributed by atoms with Crippen molar-refractivity contribution < 1.29 is 19.1 Å². The summed E-state index contributed by atoms with van der Waals surface area (Å²) >= 11 is 0. The molecule has 0 unspecified atom stereocenters. The quantitative estimate of drug-likeness (QED) is 0.764. The summed E-state index contributed by atoms with van der Waals surface area (Å²) in [4.78, 5) is 23.9. The van der Waals surface area contributed by atoms with Gasteiger partial charge in [0.15, 0.2) is 0 Å². The highest BCUT2D eigenvalue weighted by atomic mass is 16.5. The van der Waals surface area contributed by atoms with E-state index in [0.717, 1.165) is 11.1 Å². The lowest BCUT2D eigenvalue weighted by Gasteiger charge is -2.11. The molecule has 0 aliphatic rings. The number of hydrogen-bond donors (Lipinski definition) is 0. The predicted molar refractivity (Wildman–Crippen MR) is 88.2 cm³/mol. The summed E-state index contributed by atoms with van der Waals surface area (Å²) in [5, 5.41) is 0. The second-order valence-electron chi connectivity index (χ2n) is 4.94. The first kappa shape index (κ1) is 16.7. The number of esters is 2. The van der Waals surface area contributed by atoms with E-state index in [-0.39, 0.29) is 19.0 Å². The van der Waals surface area contributed by atoms with Crippen LogP contribution in [0.4, 0.5) is 0 Å². The van der Waals surface area contributed by atoms with Crippen LogP contribution in [0, 0.1) is 0 Å². The van der Waals surface area contributed by atoms with Gasteiger partial charge in [-0.05, 0) is 36.6 Å². The predicted octanol–water partition coefficient (Wildman–Crippen LogP) is 3.64. The molecule has 0 saturated heterocycles. The highest BCUT2D eigenvalue weighted by Gasteiger charge is 2.17. The smallest absolute Gasteiger partial charge is 0.338 e. The molecule has 23 heavy (non-hydrogen) atoms. The van der Waals surface area contributed by atoms with E-state index in [0.29, 0.717) is 17.7 Å². The fraction of sp³-hybridized carbons (Fsp3) is 0.263. The third-order valence-electron chi connectivity index (χ3n) is 3.35. The van der Waals surface area contributed by atoms with E-state index < -0.39 is 5.97 Å². The number of ether oxygens (including phenoxy) is 2. The van der Waals surface area contributed by atoms with Crippen molar-refractivity contribution >= 4 is 11.9 Å². The Labute approximate surface area is 136 Å². The molecule has 0 spiro atoms. The topological polar surface area (TPSA) is 52.6 Å². The zero-order valence-corrected chi connectivity index (χ0v) is 13.4. The molecule has 0 radical (unpaired) electrons. The van der Waals surface area contributed by atoms with E-state index >= 15 is 0 Å². The van der Waals surface area contributed by atoms with Crippen LogP contribution in [-0.2, 0) is 20.7 Å². The van der Waals surface area contributed by atoms with Crippen molar-refractivity contribution in [3.63, 3.8) is 0 Å². The van der Waals surface area contributed by atoms with Gasteiger partial charge in [0.05, 0.1) is 25.2 Å². The average Bonchev–Trinajstić information content (AvgIpc) is 2.56. The Morgan fingerprint density at radius 2 is 1.57 bits per heavy atom. The van der Waals surface area contributed by atoms with E-state index in [1.807, 2.05) is 36.4 Å². The maximum atomic E-state index is 12.2. The first-order valence-corrected chi connectivity index (χ1v) is 7.66. The molecule has 0 aromatic heterocycles. The second-order valence-corrected chi connectivity index (χ2v) is 4.94. The van der Waals surface area contributed by atoms with E-state index in [4.69, 9.17) is 9.47 Å². The highest BCUT2D eigenvalue weighted by molar-refractivity contribution is 5.94. The number of rotatable bonds is 6. The van der Waals surface area contributed by atoms with Gasteiger partial charge in [-0.3, -0.25) is 4.79 Å². The van der Waals surface area contributed by atoms with Crippen molar-refractivity contribution in [2.45, 2.75) is 20.3 Å². The second kappa shape index (κ2) is 8.13. The van der Waals surface area contributed by atoms with Crippen molar-refractivity contribution in [2.24, 2.45) is 0 Å². The molecule has 2 aromatic rings. The Hall–Kier alpha value is -2.62. The highest BCUT2D eigenvalue weighted by Crippen LogP contribution is 2.23. The Morgan fingerprint density at radius 3 is 2.22 bits per heavy atom. The molecule has 0 N–H and O–H groups in total. The average molecular weight is 312 g/mol. The van der Waals surface area contributed by atoms with Gasteiger partial charge in [-0.25, -0.2) is 4.79 Å². The summed E-state index contributed by atoms with van der Waals surface area (Å²) in [6.07, 6.45) is 0.0526. The van der Waals surface area contributed by atoms with Crippen LogP contribution in [0.25, 0.3) is 11.1 Å². The van der Waals surface area contributed by atoms with Crippen LogP contribution in [0.2, 0.25) is 0 Å².